The van der Waals surface area contributed by atoms with E-state index in [2.05, 4.69) is 22.8 Å². The summed E-state index contributed by atoms with van der Waals surface area (Å²) in [6.07, 6.45) is 0.816. The van der Waals surface area contributed by atoms with Gasteiger partial charge in [-0.3, -0.25) is 9.80 Å². The van der Waals surface area contributed by atoms with Crippen molar-refractivity contribution >= 4 is 0 Å². The molecular weight excluding hydrogens is 190 g/mol. The molecule has 0 aromatic heterocycles. The van der Waals surface area contributed by atoms with Gasteiger partial charge < -0.3 is 5.11 Å². The number of hydrogen-bond donors (Lipinski definition) is 1. The number of nitrogens with zero attached hydrogens (tertiary/aromatic N) is 3. The smallest absolute Gasteiger partial charge is 0.0866 e. The van der Waals surface area contributed by atoms with Crippen LogP contribution in [-0.4, -0.2) is 59.8 Å². The summed E-state index contributed by atoms with van der Waals surface area (Å²) in [5.41, 5.74) is 0. The van der Waals surface area contributed by atoms with Crippen LogP contribution in [0.5, 0.6) is 0 Å². The summed E-state index contributed by atoms with van der Waals surface area (Å²) in [5.74, 6) is 0. The summed E-state index contributed by atoms with van der Waals surface area (Å²) >= 11 is 0. The third-order valence-electron chi connectivity index (χ3n) is 2.95. The monoisotopic (exact) mass is 211 g/mol. The quantitative estimate of drug-likeness (QED) is 0.679. The van der Waals surface area contributed by atoms with Crippen molar-refractivity contribution in [2.24, 2.45) is 0 Å². The maximum atomic E-state index is 9.38. The van der Waals surface area contributed by atoms with Gasteiger partial charge in [0.15, 0.2) is 0 Å². The summed E-state index contributed by atoms with van der Waals surface area (Å²) in [6.45, 7) is 8.13. The molecule has 1 aliphatic heterocycles. The SMILES string of the molecule is CCC1CN(CC#N)CCN1CC(C)O. The molecule has 0 amide bonds. The summed E-state index contributed by atoms with van der Waals surface area (Å²) in [6, 6.07) is 2.68. The molecule has 1 N–H and O–H groups in total. The fourth-order valence-electron chi connectivity index (χ4n) is 2.17. The molecule has 2 unspecified atom stereocenters. The van der Waals surface area contributed by atoms with Crippen LogP contribution in [0.25, 0.3) is 0 Å². The Morgan fingerprint density at radius 3 is 2.80 bits per heavy atom. The van der Waals surface area contributed by atoms with Crippen molar-refractivity contribution < 1.29 is 5.11 Å². The highest BCUT2D eigenvalue weighted by Crippen LogP contribution is 2.12. The van der Waals surface area contributed by atoms with E-state index in [1.165, 1.54) is 0 Å². The molecule has 1 saturated heterocycles. The van der Waals surface area contributed by atoms with E-state index >= 15 is 0 Å². The van der Waals surface area contributed by atoms with E-state index in [1.807, 2.05) is 6.92 Å². The summed E-state index contributed by atoms with van der Waals surface area (Å²) in [4.78, 5) is 4.52. The lowest BCUT2D eigenvalue weighted by Crippen LogP contribution is -2.54. The number of aliphatic hydroxyl groups is 1. The summed E-state index contributed by atoms with van der Waals surface area (Å²) < 4.78 is 0. The van der Waals surface area contributed by atoms with E-state index in [-0.39, 0.29) is 6.10 Å². The molecule has 2 atom stereocenters. The Balaban J connectivity index is 2.46. The van der Waals surface area contributed by atoms with Crippen molar-refractivity contribution in [3.05, 3.63) is 0 Å². The van der Waals surface area contributed by atoms with Gasteiger partial charge in [0, 0.05) is 32.2 Å². The molecule has 0 aromatic carbocycles. The first-order chi connectivity index (χ1) is 7.17. The molecule has 0 bridgehead atoms. The highest BCUT2D eigenvalue weighted by atomic mass is 16.3. The Labute approximate surface area is 92.1 Å². The van der Waals surface area contributed by atoms with Crippen molar-refractivity contribution in [2.45, 2.75) is 32.4 Å². The van der Waals surface area contributed by atoms with Crippen LogP contribution in [0.15, 0.2) is 0 Å². The first kappa shape index (κ1) is 12.4. The van der Waals surface area contributed by atoms with Crippen LogP contribution in [0, 0.1) is 11.3 Å². The molecule has 0 aliphatic carbocycles. The minimum absolute atomic E-state index is 0.262. The maximum Gasteiger partial charge on any atom is 0.0866 e. The lowest BCUT2D eigenvalue weighted by Gasteiger charge is -2.40. The predicted octanol–water partition coefficient (Wildman–Crippen LogP) is 0.287. The second kappa shape index (κ2) is 6.06. The van der Waals surface area contributed by atoms with Crippen LogP contribution >= 0.6 is 0 Å². The number of nitriles is 1. The molecule has 0 aromatic rings. The fourth-order valence-corrected chi connectivity index (χ4v) is 2.17. The van der Waals surface area contributed by atoms with Crippen molar-refractivity contribution in [3.8, 4) is 6.07 Å². The zero-order valence-corrected chi connectivity index (χ0v) is 9.69. The maximum absolute atomic E-state index is 9.38. The minimum Gasteiger partial charge on any atom is -0.392 e. The number of hydrogen-bond acceptors (Lipinski definition) is 4. The Morgan fingerprint density at radius 2 is 2.27 bits per heavy atom. The normalized spacial score (nSPS) is 26.1. The lowest BCUT2D eigenvalue weighted by molar-refractivity contribution is 0.0414. The Morgan fingerprint density at radius 1 is 1.53 bits per heavy atom. The number of β-amino-alcohol motifs (C(OH)–C–C–N with tert-alkyl or cyclic N) is 1. The minimum atomic E-state index is -0.262. The topological polar surface area (TPSA) is 50.5 Å². The molecule has 4 heteroatoms. The van der Waals surface area contributed by atoms with E-state index in [4.69, 9.17) is 5.26 Å². The van der Waals surface area contributed by atoms with Crippen molar-refractivity contribution in [2.75, 3.05) is 32.7 Å². The molecule has 0 saturated carbocycles. The van der Waals surface area contributed by atoms with Gasteiger partial charge in [-0.25, -0.2) is 0 Å². The largest absolute Gasteiger partial charge is 0.392 e. The van der Waals surface area contributed by atoms with Crippen molar-refractivity contribution in [1.29, 1.82) is 5.26 Å². The van der Waals surface area contributed by atoms with Gasteiger partial charge in [-0.05, 0) is 13.3 Å². The van der Waals surface area contributed by atoms with Crippen LogP contribution < -0.4 is 0 Å². The average molecular weight is 211 g/mol. The Bertz CT molecular complexity index is 224. The summed E-state index contributed by atoms with van der Waals surface area (Å²) in [7, 11) is 0. The highest BCUT2D eigenvalue weighted by molar-refractivity contribution is 4.86. The van der Waals surface area contributed by atoms with E-state index in [1.54, 1.807) is 0 Å². The van der Waals surface area contributed by atoms with E-state index in [0.29, 0.717) is 12.6 Å². The molecule has 1 fully saturated rings. The Kier molecular flexibility index (Phi) is 5.03. The second-order valence-electron chi connectivity index (χ2n) is 4.30. The van der Waals surface area contributed by atoms with Crippen molar-refractivity contribution in [3.63, 3.8) is 0 Å². The second-order valence-corrected chi connectivity index (χ2v) is 4.30. The van der Waals surface area contributed by atoms with E-state index in [9.17, 15) is 5.11 Å². The number of aliphatic hydroxyl groups excluding tert-OH is 1. The molecule has 1 rings (SSSR count). The summed E-state index contributed by atoms with van der Waals surface area (Å²) in [5, 5.41) is 18.0. The molecule has 1 heterocycles. The van der Waals surface area contributed by atoms with Crippen LogP contribution in [0.4, 0.5) is 0 Å². The third-order valence-corrected chi connectivity index (χ3v) is 2.95. The van der Waals surface area contributed by atoms with Gasteiger partial charge in [-0.2, -0.15) is 5.26 Å². The van der Waals surface area contributed by atoms with Gasteiger partial charge in [-0.15, -0.1) is 0 Å². The molecule has 0 spiro atoms. The van der Waals surface area contributed by atoms with Crippen molar-refractivity contribution in [1.82, 2.24) is 9.80 Å². The number of rotatable bonds is 4. The van der Waals surface area contributed by atoms with Crippen LogP contribution in [0.1, 0.15) is 20.3 Å². The fraction of sp³-hybridized carbons (Fsp3) is 0.909. The standard InChI is InChI=1S/C11H21N3O/c1-3-11-9-13(5-4-12)6-7-14(11)8-10(2)15/h10-11,15H,3,5-9H2,1-2H3. The zero-order valence-electron chi connectivity index (χ0n) is 9.69. The molecule has 0 radical (unpaired) electrons. The lowest BCUT2D eigenvalue weighted by atomic mass is 10.1. The van der Waals surface area contributed by atoms with Crippen LogP contribution in [-0.2, 0) is 0 Å². The molecule has 1 aliphatic rings. The predicted molar refractivity (Wildman–Crippen MR) is 59.4 cm³/mol. The van der Waals surface area contributed by atoms with Gasteiger partial charge in [0.25, 0.3) is 0 Å². The van der Waals surface area contributed by atoms with Gasteiger partial charge >= 0.3 is 0 Å². The van der Waals surface area contributed by atoms with Gasteiger partial charge in [0.2, 0.25) is 0 Å². The highest BCUT2D eigenvalue weighted by Gasteiger charge is 2.25. The third kappa shape index (κ3) is 3.78. The molecule has 15 heavy (non-hydrogen) atoms. The number of piperazine rings is 1. The molecule has 4 nitrogen and oxygen atoms in total. The van der Waals surface area contributed by atoms with Gasteiger partial charge in [-0.1, -0.05) is 6.92 Å². The van der Waals surface area contributed by atoms with Crippen LogP contribution in [0.3, 0.4) is 0 Å². The van der Waals surface area contributed by atoms with Gasteiger partial charge in [0.05, 0.1) is 18.7 Å². The Hall–Kier alpha value is -0.630. The van der Waals surface area contributed by atoms with Crippen LogP contribution in [0.2, 0.25) is 0 Å². The zero-order chi connectivity index (χ0) is 11.3. The van der Waals surface area contributed by atoms with Gasteiger partial charge in [0.1, 0.15) is 0 Å². The molecule has 86 valence electrons. The molecular formula is C11H21N3O. The van der Waals surface area contributed by atoms with E-state index < -0.39 is 0 Å². The first-order valence-electron chi connectivity index (χ1n) is 5.68. The average Bonchev–Trinajstić information content (AvgIpc) is 2.20. The first-order valence-corrected chi connectivity index (χ1v) is 5.68. The van der Waals surface area contributed by atoms with E-state index in [0.717, 1.165) is 32.6 Å².